The normalized spacial score (nSPS) is 13.4. The number of nitrogens with one attached hydrogen (secondary N) is 1. The quantitative estimate of drug-likeness (QED) is 0.383. The van der Waals surface area contributed by atoms with Gasteiger partial charge in [0, 0.05) is 9.35 Å². The number of ether oxygens (including phenoxy) is 1. The molecule has 0 saturated heterocycles. The molecule has 0 fully saturated rings. The zero-order valence-corrected chi connectivity index (χ0v) is 17.8. The summed E-state index contributed by atoms with van der Waals surface area (Å²) in [5, 5.41) is 12.7. The Labute approximate surface area is 176 Å². The van der Waals surface area contributed by atoms with Crippen molar-refractivity contribution in [1.29, 1.82) is 5.26 Å². The van der Waals surface area contributed by atoms with Gasteiger partial charge in [-0.1, -0.05) is 28.1 Å². The van der Waals surface area contributed by atoms with Gasteiger partial charge in [-0.25, -0.2) is 4.79 Å². The maximum Gasteiger partial charge on any atom is 0.341 e. The Morgan fingerprint density at radius 2 is 2.00 bits per heavy atom. The lowest BCUT2D eigenvalue weighted by molar-refractivity contribution is -0.112. The molecule has 3 rings (SSSR count). The second kappa shape index (κ2) is 9.18. The molecule has 1 aromatic carbocycles. The molecule has 1 aromatic heterocycles. The molecule has 144 valence electrons. The van der Waals surface area contributed by atoms with Gasteiger partial charge < -0.3 is 10.1 Å². The largest absolute Gasteiger partial charge is 0.462 e. The molecule has 2 aromatic rings. The number of nitrogens with zero attached hydrogens (tertiary/aromatic N) is 1. The average molecular weight is 459 g/mol. The Hall–Kier alpha value is -2.43. The minimum Gasteiger partial charge on any atom is -0.462 e. The Balaban J connectivity index is 1.90. The van der Waals surface area contributed by atoms with E-state index in [1.807, 2.05) is 30.3 Å². The smallest absolute Gasteiger partial charge is 0.341 e. The molecule has 0 saturated carbocycles. The van der Waals surface area contributed by atoms with Crippen LogP contribution in [-0.2, 0) is 22.4 Å². The third-order valence-corrected chi connectivity index (χ3v) is 6.16. The van der Waals surface area contributed by atoms with Gasteiger partial charge in [0.25, 0.3) is 5.91 Å². The van der Waals surface area contributed by atoms with Crippen molar-refractivity contribution in [3.05, 3.63) is 55.9 Å². The van der Waals surface area contributed by atoms with Crippen molar-refractivity contribution in [2.45, 2.75) is 32.6 Å². The molecule has 0 aliphatic heterocycles. The summed E-state index contributed by atoms with van der Waals surface area (Å²) in [6, 6.07) is 9.24. The second-order valence-electron chi connectivity index (χ2n) is 6.31. The minimum absolute atomic E-state index is 0.0245. The molecule has 1 aliphatic carbocycles. The first-order chi connectivity index (χ1) is 13.5. The lowest BCUT2D eigenvalue weighted by atomic mass is 9.95. The van der Waals surface area contributed by atoms with Crippen LogP contribution in [0.2, 0.25) is 0 Å². The molecule has 1 N–H and O–H groups in total. The maximum atomic E-state index is 12.7. The van der Waals surface area contributed by atoms with Gasteiger partial charge in [0.15, 0.2) is 0 Å². The summed E-state index contributed by atoms with van der Waals surface area (Å²) in [5.41, 5.74) is 2.13. The molecule has 5 nitrogen and oxygen atoms in total. The summed E-state index contributed by atoms with van der Waals surface area (Å²) in [4.78, 5) is 26.3. The number of halogens is 1. The predicted octanol–water partition coefficient (Wildman–Crippen LogP) is 5.11. The predicted molar refractivity (Wildman–Crippen MR) is 113 cm³/mol. The molecular weight excluding hydrogens is 440 g/mol. The number of nitriles is 1. The van der Waals surface area contributed by atoms with Crippen LogP contribution in [0.15, 0.2) is 34.3 Å². The summed E-state index contributed by atoms with van der Waals surface area (Å²) < 4.78 is 6.11. The number of esters is 1. The van der Waals surface area contributed by atoms with E-state index < -0.39 is 11.9 Å². The van der Waals surface area contributed by atoms with E-state index in [1.165, 1.54) is 17.4 Å². The van der Waals surface area contributed by atoms with Gasteiger partial charge in [-0.3, -0.25) is 4.79 Å². The van der Waals surface area contributed by atoms with Crippen molar-refractivity contribution >= 4 is 50.2 Å². The van der Waals surface area contributed by atoms with Gasteiger partial charge in [-0.2, -0.15) is 5.26 Å². The SMILES string of the molecule is CCOC(=O)c1c(NC(=O)/C(C#N)=C/c2ccc(Br)cc2)sc2c1CCCC2. The number of thiophene rings is 1. The fourth-order valence-electron chi connectivity index (χ4n) is 3.12. The van der Waals surface area contributed by atoms with Crippen LogP contribution in [0.3, 0.4) is 0 Å². The van der Waals surface area contributed by atoms with Crippen molar-refractivity contribution in [1.82, 2.24) is 0 Å². The number of fused-ring (bicyclic) bond motifs is 1. The number of anilines is 1. The van der Waals surface area contributed by atoms with Gasteiger partial charge >= 0.3 is 5.97 Å². The van der Waals surface area contributed by atoms with E-state index in [2.05, 4.69) is 21.2 Å². The zero-order chi connectivity index (χ0) is 20.1. The summed E-state index contributed by atoms with van der Waals surface area (Å²) in [6.07, 6.45) is 5.30. The van der Waals surface area contributed by atoms with E-state index in [0.29, 0.717) is 10.6 Å². The lowest BCUT2D eigenvalue weighted by Gasteiger charge is -2.12. The highest BCUT2D eigenvalue weighted by Gasteiger charge is 2.27. The lowest BCUT2D eigenvalue weighted by Crippen LogP contribution is -2.16. The Morgan fingerprint density at radius 3 is 2.68 bits per heavy atom. The molecule has 0 spiro atoms. The van der Waals surface area contributed by atoms with E-state index in [1.54, 1.807) is 6.92 Å². The molecule has 0 atom stereocenters. The molecule has 28 heavy (non-hydrogen) atoms. The Morgan fingerprint density at radius 1 is 1.29 bits per heavy atom. The van der Waals surface area contributed by atoms with Crippen LogP contribution in [0, 0.1) is 11.3 Å². The topological polar surface area (TPSA) is 79.2 Å². The maximum absolute atomic E-state index is 12.7. The van der Waals surface area contributed by atoms with Crippen LogP contribution in [0.1, 0.15) is 46.1 Å². The molecule has 1 heterocycles. The number of carbonyl (C=O) groups is 2. The fraction of sp³-hybridized carbons (Fsp3) is 0.286. The van der Waals surface area contributed by atoms with Crippen LogP contribution < -0.4 is 5.32 Å². The number of carbonyl (C=O) groups excluding carboxylic acids is 2. The molecule has 1 amide bonds. The number of rotatable bonds is 5. The van der Waals surface area contributed by atoms with Crippen molar-refractivity contribution in [2.75, 3.05) is 11.9 Å². The van der Waals surface area contributed by atoms with Crippen LogP contribution in [0.5, 0.6) is 0 Å². The Kier molecular flexibility index (Phi) is 6.65. The number of hydrogen-bond donors (Lipinski definition) is 1. The number of aryl methyl sites for hydroxylation is 1. The monoisotopic (exact) mass is 458 g/mol. The van der Waals surface area contributed by atoms with E-state index in [9.17, 15) is 14.9 Å². The second-order valence-corrected chi connectivity index (χ2v) is 8.33. The van der Waals surface area contributed by atoms with E-state index in [0.717, 1.165) is 46.2 Å². The minimum atomic E-state index is -0.533. The van der Waals surface area contributed by atoms with Gasteiger partial charge in [-0.05, 0) is 61.9 Å². The third kappa shape index (κ3) is 4.51. The summed E-state index contributed by atoms with van der Waals surface area (Å²) >= 11 is 4.76. The number of benzene rings is 1. The highest BCUT2D eigenvalue weighted by atomic mass is 79.9. The van der Waals surface area contributed by atoms with Crippen molar-refractivity contribution < 1.29 is 14.3 Å². The van der Waals surface area contributed by atoms with Gasteiger partial charge in [-0.15, -0.1) is 11.3 Å². The van der Waals surface area contributed by atoms with Gasteiger partial charge in [0.05, 0.1) is 12.2 Å². The first-order valence-electron chi connectivity index (χ1n) is 9.03. The van der Waals surface area contributed by atoms with Gasteiger partial charge in [0.2, 0.25) is 0 Å². The summed E-state index contributed by atoms with van der Waals surface area (Å²) in [7, 11) is 0. The van der Waals surface area contributed by atoms with Crippen molar-refractivity contribution in [2.24, 2.45) is 0 Å². The van der Waals surface area contributed by atoms with E-state index in [-0.39, 0.29) is 12.2 Å². The molecule has 0 bridgehead atoms. The van der Waals surface area contributed by atoms with E-state index in [4.69, 9.17) is 4.74 Å². The summed E-state index contributed by atoms with van der Waals surface area (Å²) in [5.74, 6) is -0.956. The first-order valence-corrected chi connectivity index (χ1v) is 10.6. The molecule has 1 aliphatic rings. The molecule has 0 unspecified atom stereocenters. The zero-order valence-electron chi connectivity index (χ0n) is 15.4. The van der Waals surface area contributed by atoms with Crippen LogP contribution in [0.25, 0.3) is 6.08 Å². The number of hydrogen-bond acceptors (Lipinski definition) is 5. The van der Waals surface area contributed by atoms with Crippen LogP contribution in [-0.4, -0.2) is 18.5 Å². The van der Waals surface area contributed by atoms with Gasteiger partial charge in [0.1, 0.15) is 16.6 Å². The third-order valence-electron chi connectivity index (χ3n) is 4.42. The molecule has 7 heteroatoms. The summed E-state index contributed by atoms with van der Waals surface area (Å²) in [6.45, 7) is 2.02. The van der Waals surface area contributed by atoms with Crippen LogP contribution in [0.4, 0.5) is 5.00 Å². The highest BCUT2D eigenvalue weighted by Crippen LogP contribution is 2.38. The average Bonchev–Trinajstić information content (AvgIpc) is 3.05. The molecule has 0 radical (unpaired) electrons. The first kappa shape index (κ1) is 20.3. The highest BCUT2D eigenvalue weighted by molar-refractivity contribution is 9.10. The van der Waals surface area contributed by atoms with Crippen LogP contribution >= 0.6 is 27.3 Å². The fourth-order valence-corrected chi connectivity index (χ4v) is 4.65. The van der Waals surface area contributed by atoms with Crippen molar-refractivity contribution in [3.8, 4) is 6.07 Å². The number of amides is 1. The van der Waals surface area contributed by atoms with E-state index >= 15 is 0 Å². The molecular formula is C21H19BrN2O3S. The standard InChI is InChI=1S/C21H19BrN2O3S/c1-2-27-21(26)18-16-5-3-4-6-17(16)28-20(18)24-19(25)14(12-23)11-13-7-9-15(22)10-8-13/h7-11H,2-6H2,1H3,(H,24,25)/b14-11+. The Bertz CT molecular complexity index is 971. The van der Waals surface area contributed by atoms with Crippen molar-refractivity contribution in [3.63, 3.8) is 0 Å².